The van der Waals surface area contributed by atoms with E-state index in [1.165, 1.54) is 0 Å². The van der Waals surface area contributed by atoms with Gasteiger partial charge in [-0.3, -0.25) is 4.79 Å². The molecule has 0 radical (unpaired) electrons. The number of carboxylic acid groups (broad SMARTS) is 1. The smallest absolute Gasteiger partial charge is 0.303 e. The summed E-state index contributed by atoms with van der Waals surface area (Å²) < 4.78 is 0. The molecule has 0 heterocycles. The number of nitrogens with one attached hydrogen (secondary N) is 1. The van der Waals surface area contributed by atoms with Crippen LogP contribution in [0.3, 0.4) is 0 Å². The monoisotopic (exact) mass is 217 g/mol. The Morgan fingerprint density at radius 3 is 2.47 bits per heavy atom. The summed E-state index contributed by atoms with van der Waals surface area (Å²) >= 11 is 0. The SMILES string of the molecule is CC(C)(C)CC(O)CNCCCC(=O)O. The predicted octanol–water partition coefficient (Wildman–Crippen LogP) is 1.24. The summed E-state index contributed by atoms with van der Waals surface area (Å²) in [6.07, 6.45) is 1.19. The number of aliphatic hydroxyl groups excluding tert-OH is 1. The second kappa shape index (κ2) is 6.80. The van der Waals surface area contributed by atoms with Crippen LogP contribution >= 0.6 is 0 Å². The van der Waals surface area contributed by atoms with Gasteiger partial charge in [0.15, 0.2) is 0 Å². The lowest BCUT2D eigenvalue weighted by Gasteiger charge is -2.22. The highest BCUT2D eigenvalue weighted by molar-refractivity contribution is 5.66. The number of aliphatic hydroxyl groups is 1. The molecule has 4 heteroatoms. The largest absolute Gasteiger partial charge is 0.481 e. The van der Waals surface area contributed by atoms with Crippen molar-refractivity contribution in [2.75, 3.05) is 13.1 Å². The van der Waals surface area contributed by atoms with E-state index in [1.807, 2.05) is 0 Å². The lowest BCUT2D eigenvalue weighted by molar-refractivity contribution is -0.137. The van der Waals surface area contributed by atoms with Crippen molar-refractivity contribution in [2.45, 2.75) is 46.1 Å². The van der Waals surface area contributed by atoms with Crippen LogP contribution in [0.5, 0.6) is 0 Å². The first-order valence-corrected chi connectivity index (χ1v) is 5.42. The average Bonchev–Trinajstić information content (AvgIpc) is 1.99. The van der Waals surface area contributed by atoms with Gasteiger partial charge in [0.1, 0.15) is 0 Å². The van der Waals surface area contributed by atoms with Gasteiger partial charge in [0, 0.05) is 13.0 Å². The number of hydrogen-bond donors (Lipinski definition) is 3. The van der Waals surface area contributed by atoms with Crippen molar-refractivity contribution in [3.63, 3.8) is 0 Å². The van der Waals surface area contributed by atoms with Crippen LogP contribution in [0.25, 0.3) is 0 Å². The molecule has 0 saturated carbocycles. The number of carboxylic acids is 1. The summed E-state index contributed by atoms with van der Waals surface area (Å²) in [5.74, 6) is -0.771. The number of aliphatic carboxylic acids is 1. The van der Waals surface area contributed by atoms with E-state index in [-0.39, 0.29) is 17.9 Å². The Hall–Kier alpha value is -0.610. The molecule has 0 fully saturated rings. The molecule has 0 bridgehead atoms. The van der Waals surface area contributed by atoms with Gasteiger partial charge in [-0.1, -0.05) is 20.8 Å². The van der Waals surface area contributed by atoms with Gasteiger partial charge in [-0.2, -0.15) is 0 Å². The van der Waals surface area contributed by atoms with Crippen LogP contribution in [-0.2, 0) is 4.79 Å². The quantitative estimate of drug-likeness (QED) is 0.561. The molecular weight excluding hydrogens is 194 g/mol. The average molecular weight is 217 g/mol. The van der Waals surface area contributed by atoms with Gasteiger partial charge >= 0.3 is 5.97 Å². The highest BCUT2D eigenvalue weighted by Crippen LogP contribution is 2.20. The molecule has 90 valence electrons. The van der Waals surface area contributed by atoms with Crippen molar-refractivity contribution >= 4 is 5.97 Å². The molecule has 0 aromatic rings. The zero-order valence-corrected chi connectivity index (χ0v) is 9.92. The van der Waals surface area contributed by atoms with E-state index in [0.29, 0.717) is 19.5 Å². The Balaban J connectivity index is 3.39. The van der Waals surface area contributed by atoms with Crippen LogP contribution < -0.4 is 5.32 Å². The standard InChI is InChI=1S/C11H23NO3/c1-11(2,3)7-9(13)8-12-6-4-5-10(14)15/h9,12-13H,4-8H2,1-3H3,(H,14,15). The lowest BCUT2D eigenvalue weighted by atomic mass is 9.89. The summed E-state index contributed by atoms with van der Waals surface area (Å²) in [4.78, 5) is 10.2. The Bertz CT molecular complexity index is 187. The Kier molecular flexibility index (Phi) is 6.52. The first-order valence-electron chi connectivity index (χ1n) is 5.42. The molecule has 0 aliphatic heterocycles. The van der Waals surface area contributed by atoms with Crippen molar-refractivity contribution in [2.24, 2.45) is 5.41 Å². The molecule has 0 aliphatic rings. The van der Waals surface area contributed by atoms with Gasteiger partial charge in [0.05, 0.1) is 6.10 Å². The van der Waals surface area contributed by atoms with E-state index < -0.39 is 5.97 Å². The normalized spacial score (nSPS) is 13.9. The van der Waals surface area contributed by atoms with Crippen LogP contribution in [0.2, 0.25) is 0 Å². The van der Waals surface area contributed by atoms with Crippen molar-refractivity contribution < 1.29 is 15.0 Å². The summed E-state index contributed by atoms with van der Waals surface area (Å²) in [6, 6.07) is 0. The number of hydrogen-bond acceptors (Lipinski definition) is 3. The fourth-order valence-electron chi connectivity index (χ4n) is 1.41. The van der Waals surface area contributed by atoms with E-state index in [2.05, 4.69) is 26.1 Å². The van der Waals surface area contributed by atoms with Crippen LogP contribution in [0, 0.1) is 5.41 Å². The van der Waals surface area contributed by atoms with Gasteiger partial charge in [0.25, 0.3) is 0 Å². The fraction of sp³-hybridized carbons (Fsp3) is 0.909. The Labute approximate surface area is 91.7 Å². The second-order valence-corrected chi connectivity index (χ2v) is 5.12. The van der Waals surface area contributed by atoms with Gasteiger partial charge in [-0.05, 0) is 24.8 Å². The summed E-state index contributed by atoms with van der Waals surface area (Å²) in [5, 5.41) is 21.1. The van der Waals surface area contributed by atoms with Gasteiger partial charge in [-0.25, -0.2) is 0 Å². The maximum Gasteiger partial charge on any atom is 0.303 e. The summed E-state index contributed by atoms with van der Waals surface area (Å²) in [7, 11) is 0. The third-order valence-corrected chi connectivity index (χ3v) is 1.97. The van der Waals surface area contributed by atoms with Crippen molar-refractivity contribution in [3.8, 4) is 0 Å². The van der Waals surface area contributed by atoms with E-state index in [1.54, 1.807) is 0 Å². The van der Waals surface area contributed by atoms with Crippen molar-refractivity contribution in [1.29, 1.82) is 0 Å². The minimum Gasteiger partial charge on any atom is -0.481 e. The van der Waals surface area contributed by atoms with Gasteiger partial charge in [0.2, 0.25) is 0 Å². The third-order valence-electron chi connectivity index (χ3n) is 1.97. The molecule has 0 rings (SSSR count). The van der Waals surface area contributed by atoms with Crippen LogP contribution in [-0.4, -0.2) is 35.4 Å². The van der Waals surface area contributed by atoms with E-state index in [9.17, 15) is 9.90 Å². The molecule has 0 spiro atoms. The first-order chi connectivity index (χ1) is 6.81. The van der Waals surface area contributed by atoms with Gasteiger partial charge in [-0.15, -0.1) is 0 Å². The molecular formula is C11H23NO3. The molecule has 0 amide bonds. The maximum atomic E-state index is 10.2. The highest BCUT2D eigenvalue weighted by Gasteiger charge is 2.15. The van der Waals surface area contributed by atoms with E-state index >= 15 is 0 Å². The minimum atomic E-state index is -0.771. The zero-order chi connectivity index (χ0) is 11.9. The molecule has 0 aliphatic carbocycles. The van der Waals surface area contributed by atoms with Crippen LogP contribution in [0.4, 0.5) is 0 Å². The van der Waals surface area contributed by atoms with Gasteiger partial charge < -0.3 is 15.5 Å². The molecule has 1 unspecified atom stereocenters. The summed E-state index contributed by atoms with van der Waals surface area (Å²) in [6.45, 7) is 7.44. The number of carbonyl (C=O) groups is 1. The second-order valence-electron chi connectivity index (χ2n) is 5.12. The van der Waals surface area contributed by atoms with E-state index in [4.69, 9.17) is 5.11 Å². The minimum absolute atomic E-state index is 0.127. The Morgan fingerprint density at radius 2 is 2.00 bits per heavy atom. The van der Waals surface area contributed by atoms with Crippen LogP contribution in [0.15, 0.2) is 0 Å². The molecule has 15 heavy (non-hydrogen) atoms. The number of rotatable bonds is 7. The lowest BCUT2D eigenvalue weighted by Crippen LogP contribution is -2.30. The predicted molar refractivity (Wildman–Crippen MR) is 59.8 cm³/mol. The molecule has 0 aromatic heterocycles. The molecule has 1 atom stereocenters. The van der Waals surface area contributed by atoms with E-state index in [0.717, 1.165) is 6.42 Å². The zero-order valence-electron chi connectivity index (χ0n) is 9.92. The summed E-state index contributed by atoms with van der Waals surface area (Å²) in [5.41, 5.74) is 0.127. The Morgan fingerprint density at radius 1 is 1.40 bits per heavy atom. The maximum absolute atomic E-state index is 10.2. The first kappa shape index (κ1) is 14.4. The van der Waals surface area contributed by atoms with Crippen molar-refractivity contribution in [1.82, 2.24) is 5.32 Å². The molecule has 4 nitrogen and oxygen atoms in total. The highest BCUT2D eigenvalue weighted by atomic mass is 16.4. The van der Waals surface area contributed by atoms with Crippen molar-refractivity contribution in [3.05, 3.63) is 0 Å². The topological polar surface area (TPSA) is 69.6 Å². The molecule has 3 N–H and O–H groups in total. The van der Waals surface area contributed by atoms with Crippen LogP contribution in [0.1, 0.15) is 40.0 Å². The molecule has 0 saturated heterocycles. The fourth-order valence-corrected chi connectivity index (χ4v) is 1.41. The third kappa shape index (κ3) is 11.3. The molecule has 0 aromatic carbocycles.